The molecule has 0 heterocycles. The summed E-state index contributed by atoms with van der Waals surface area (Å²) in [4.78, 5) is 101. The minimum absolute atomic E-state index is 0.0264. The van der Waals surface area contributed by atoms with Gasteiger partial charge < -0.3 is 42.5 Å². The first-order valence-electron chi connectivity index (χ1n) is 17.3. The van der Waals surface area contributed by atoms with Crippen LogP contribution in [-0.2, 0) is 44.8 Å². The molecule has 16 heteroatoms. The molecule has 1 saturated carbocycles. The molecule has 2 rings (SSSR count). The second-order valence-electron chi connectivity index (χ2n) is 13.5. The van der Waals surface area contributed by atoms with Crippen LogP contribution in [0.15, 0.2) is 30.3 Å². The number of carbonyl (C=O) groups excluding carboxylic acids is 6. The van der Waals surface area contributed by atoms with E-state index in [0.29, 0.717) is 5.56 Å². The number of carbonyl (C=O) groups is 8. The van der Waals surface area contributed by atoms with Crippen molar-refractivity contribution in [2.45, 2.75) is 122 Å². The van der Waals surface area contributed by atoms with Gasteiger partial charge in [0.1, 0.15) is 30.2 Å². The molecular formula is C35H52N6O10. The number of rotatable bonds is 21. The summed E-state index contributed by atoms with van der Waals surface area (Å²) in [6.07, 6.45) is 3.40. The Balaban J connectivity index is 2.29. The third kappa shape index (κ3) is 16.0. The Hall–Kier alpha value is -5.02. The molecule has 1 aromatic rings. The number of amides is 6. The van der Waals surface area contributed by atoms with Gasteiger partial charge in [-0.1, -0.05) is 76.3 Å². The summed E-state index contributed by atoms with van der Waals surface area (Å²) in [7, 11) is 0. The van der Waals surface area contributed by atoms with Gasteiger partial charge >= 0.3 is 11.9 Å². The Morgan fingerprint density at radius 3 is 1.80 bits per heavy atom. The zero-order valence-corrected chi connectivity index (χ0v) is 29.4. The van der Waals surface area contributed by atoms with Crippen LogP contribution >= 0.6 is 0 Å². The number of aliphatic carboxylic acids is 2. The Bertz CT molecular complexity index is 1380. The van der Waals surface area contributed by atoms with Crippen LogP contribution in [0.2, 0.25) is 0 Å². The number of nitrogens with two attached hydrogens (primary N) is 1. The van der Waals surface area contributed by atoms with Crippen molar-refractivity contribution in [3.8, 4) is 0 Å². The largest absolute Gasteiger partial charge is 0.481 e. The number of benzene rings is 1. The number of carboxylic acid groups (broad SMARTS) is 2. The van der Waals surface area contributed by atoms with Gasteiger partial charge in [0.25, 0.3) is 0 Å². The van der Waals surface area contributed by atoms with Gasteiger partial charge in [-0.25, -0.2) is 4.79 Å². The van der Waals surface area contributed by atoms with Gasteiger partial charge in [0.2, 0.25) is 35.4 Å². The maximum atomic E-state index is 13.7. The summed E-state index contributed by atoms with van der Waals surface area (Å²) in [6, 6.07) is 1.93. The molecule has 16 nitrogen and oxygen atoms in total. The molecule has 282 valence electrons. The van der Waals surface area contributed by atoms with E-state index in [1.165, 1.54) is 6.92 Å². The predicted molar refractivity (Wildman–Crippen MR) is 184 cm³/mol. The molecule has 1 aromatic carbocycles. The van der Waals surface area contributed by atoms with E-state index in [4.69, 9.17) is 5.73 Å². The molecule has 1 aliphatic rings. The number of primary amides is 1. The van der Waals surface area contributed by atoms with E-state index in [9.17, 15) is 48.6 Å². The van der Waals surface area contributed by atoms with Gasteiger partial charge in [-0.05, 0) is 36.7 Å². The van der Waals surface area contributed by atoms with Crippen molar-refractivity contribution >= 4 is 47.4 Å². The highest BCUT2D eigenvalue weighted by Gasteiger charge is 2.34. The zero-order valence-electron chi connectivity index (χ0n) is 29.4. The average molecular weight is 717 g/mol. The second-order valence-corrected chi connectivity index (χ2v) is 13.5. The first kappa shape index (κ1) is 42.1. The van der Waals surface area contributed by atoms with Gasteiger partial charge in [-0.15, -0.1) is 0 Å². The van der Waals surface area contributed by atoms with Crippen molar-refractivity contribution in [3.63, 3.8) is 0 Å². The zero-order chi connectivity index (χ0) is 38.1. The fourth-order valence-electron chi connectivity index (χ4n) is 6.01. The molecule has 51 heavy (non-hydrogen) atoms. The summed E-state index contributed by atoms with van der Waals surface area (Å²) in [6.45, 7) is 4.74. The number of carboxylic acids is 2. The molecule has 9 N–H and O–H groups in total. The van der Waals surface area contributed by atoms with Crippen LogP contribution in [-0.4, -0.2) is 87.8 Å². The minimum atomic E-state index is -1.68. The van der Waals surface area contributed by atoms with Gasteiger partial charge in [0.05, 0.1) is 6.42 Å². The molecule has 0 aliphatic heterocycles. The molecule has 1 aliphatic carbocycles. The lowest BCUT2D eigenvalue weighted by atomic mass is 9.84. The van der Waals surface area contributed by atoms with Crippen LogP contribution in [0.1, 0.15) is 90.5 Å². The monoisotopic (exact) mass is 716 g/mol. The Morgan fingerprint density at radius 1 is 0.725 bits per heavy atom. The van der Waals surface area contributed by atoms with Crippen LogP contribution in [0.3, 0.4) is 0 Å². The third-order valence-electron chi connectivity index (χ3n) is 8.55. The van der Waals surface area contributed by atoms with Gasteiger partial charge in [0.15, 0.2) is 0 Å². The van der Waals surface area contributed by atoms with E-state index in [2.05, 4.69) is 26.6 Å². The summed E-state index contributed by atoms with van der Waals surface area (Å²) in [5, 5.41) is 31.9. The molecule has 1 unspecified atom stereocenters. The molecular weight excluding hydrogens is 664 g/mol. The highest BCUT2D eigenvalue weighted by molar-refractivity contribution is 5.97. The average Bonchev–Trinajstić information content (AvgIpc) is 3.05. The lowest BCUT2D eigenvalue weighted by Gasteiger charge is -2.29. The van der Waals surface area contributed by atoms with E-state index in [1.807, 2.05) is 0 Å². The first-order chi connectivity index (χ1) is 24.0. The van der Waals surface area contributed by atoms with E-state index in [1.54, 1.807) is 44.2 Å². The number of hydrogen-bond acceptors (Lipinski definition) is 8. The lowest BCUT2D eigenvalue weighted by Crippen LogP contribution is -2.59. The van der Waals surface area contributed by atoms with E-state index in [0.717, 1.165) is 32.1 Å². The maximum absolute atomic E-state index is 13.7. The smallest absolute Gasteiger partial charge is 0.326 e. The van der Waals surface area contributed by atoms with Gasteiger partial charge in [-0.3, -0.25) is 33.6 Å². The lowest BCUT2D eigenvalue weighted by molar-refractivity contribution is -0.143. The van der Waals surface area contributed by atoms with Crippen molar-refractivity contribution in [3.05, 3.63) is 35.9 Å². The van der Waals surface area contributed by atoms with Crippen LogP contribution < -0.4 is 32.3 Å². The highest BCUT2D eigenvalue weighted by Crippen LogP contribution is 2.27. The van der Waals surface area contributed by atoms with Crippen molar-refractivity contribution in [1.29, 1.82) is 0 Å². The summed E-state index contributed by atoms with van der Waals surface area (Å²) >= 11 is 0. The van der Waals surface area contributed by atoms with Crippen molar-refractivity contribution in [1.82, 2.24) is 26.6 Å². The maximum Gasteiger partial charge on any atom is 0.326 e. The van der Waals surface area contributed by atoms with Gasteiger partial charge in [0, 0.05) is 19.8 Å². The Labute approximate surface area is 297 Å². The normalized spacial score (nSPS) is 16.0. The van der Waals surface area contributed by atoms with Crippen molar-refractivity contribution in [2.75, 3.05) is 0 Å². The van der Waals surface area contributed by atoms with E-state index < -0.39 is 84.0 Å². The SMILES string of the molecule is CC(=O)N[C@@H](CCC(N)=O)C(=O)N[C@@H](CC1CCCCC1)C(=O)N[C@@H](CC(=O)O)C(=O)N[C@@H](CC(C)C)C(=O)NC(Cc1ccccc1)C(=O)O. The number of nitrogens with one attached hydrogen (secondary N) is 5. The summed E-state index contributed by atoms with van der Waals surface area (Å²) in [5.74, 6) is -7.53. The third-order valence-corrected chi connectivity index (χ3v) is 8.55. The minimum Gasteiger partial charge on any atom is -0.481 e. The van der Waals surface area contributed by atoms with E-state index >= 15 is 0 Å². The summed E-state index contributed by atoms with van der Waals surface area (Å²) in [5.41, 5.74) is 5.89. The highest BCUT2D eigenvalue weighted by atomic mass is 16.4. The summed E-state index contributed by atoms with van der Waals surface area (Å²) < 4.78 is 0. The van der Waals surface area contributed by atoms with Gasteiger partial charge in [-0.2, -0.15) is 0 Å². The fourth-order valence-corrected chi connectivity index (χ4v) is 6.01. The van der Waals surface area contributed by atoms with Crippen molar-refractivity contribution < 1.29 is 48.6 Å². The molecule has 0 spiro atoms. The van der Waals surface area contributed by atoms with E-state index in [-0.39, 0.29) is 43.9 Å². The van der Waals surface area contributed by atoms with Crippen LogP contribution in [0.4, 0.5) is 0 Å². The topological polar surface area (TPSA) is 263 Å². The molecule has 0 aromatic heterocycles. The molecule has 5 atom stereocenters. The van der Waals surface area contributed by atoms with Crippen LogP contribution in [0, 0.1) is 11.8 Å². The number of hydrogen-bond donors (Lipinski definition) is 8. The molecule has 1 fully saturated rings. The molecule has 6 amide bonds. The Morgan fingerprint density at radius 2 is 1.25 bits per heavy atom. The van der Waals surface area contributed by atoms with Crippen LogP contribution in [0.25, 0.3) is 0 Å². The fraction of sp³-hybridized carbons (Fsp3) is 0.600. The quantitative estimate of drug-likeness (QED) is 0.0874. The first-order valence-corrected chi connectivity index (χ1v) is 17.3. The molecule has 0 radical (unpaired) electrons. The second kappa shape index (κ2) is 21.3. The van der Waals surface area contributed by atoms with Crippen LogP contribution in [0.5, 0.6) is 0 Å². The molecule has 0 bridgehead atoms. The standard InChI is InChI=1S/C35H52N6O10/c1-20(2)16-25(32(47)41-28(35(50)51)18-23-12-8-5-9-13-23)38-34(49)27(19-30(44)45)40-33(48)26(17-22-10-6-4-7-11-22)39-31(46)24(37-21(3)42)14-15-29(36)43/h5,8-9,12-13,20,22,24-28H,4,6-7,10-11,14-19H2,1-3H3,(H2,36,43)(H,37,42)(H,38,49)(H,39,46)(H,40,48)(H,41,47)(H,44,45)(H,50,51)/t24-,25-,26-,27-,28?/m0/s1. The van der Waals surface area contributed by atoms with Crippen molar-refractivity contribution in [2.24, 2.45) is 17.6 Å². The predicted octanol–water partition coefficient (Wildman–Crippen LogP) is 0.514. The Kier molecular flexibility index (Phi) is 17.6. The molecule has 0 saturated heterocycles.